The lowest BCUT2D eigenvalue weighted by Crippen LogP contribution is -2.19. The Balaban J connectivity index is 3.01. The number of rotatable bonds is 8. The topological polar surface area (TPSA) is 86.5 Å². The van der Waals surface area contributed by atoms with Gasteiger partial charge in [0.05, 0.1) is 23.8 Å². The predicted molar refractivity (Wildman–Crippen MR) is 88.9 cm³/mol. The molecule has 118 valence electrons. The summed E-state index contributed by atoms with van der Waals surface area (Å²) >= 11 is 0. The van der Waals surface area contributed by atoms with Gasteiger partial charge >= 0.3 is 0 Å². The van der Waals surface area contributed by atoms with Crippen LogP contribution in [0.15, 0.2) is 46.9 Å². The monoisotopic (exact) mass is 302 g/mol. The van der Waals surface area contributed by atoms with Crippen molar-refractivity contribution in [2.45, 2.75) is 20.8 Å². The van der Waals surface area contributed by atoms with Crippen LogP contribution in [0.3, 0.4) is 0 Å². The number of aromatic nitrogens is 2. The largest absolute Gasteiger partial charge is 0.413 e. The third kappa shape index (κ3) is 4.78. The summed E-state index contributed by atoms with van der Waals surface area (Å²) in [6, 6.07) is 0. The molecule has 0 spiro atoms. The number of allylic oxidation sites excluding steroid dienone is 3. The first-order valence-corrected chi connectivity index (χ1v) is 6.84. The second kappa shape index (κ2) is 8.68. The molecule has 0 unspecified atom stereocenters. The molecular weight excluding hydrogens is 280 g/mol. The summed E-state index contributed by atoms with van der Waals surface area (Å²) in [5.41, 5.74) is 4.47. The first kappa shape index (κ1) is 17.5. The second-order valence-corrected chi connectivity index (χ2v) is 4.53. The molecule has 1 rings (SSSR count). The number of nitrogens with one attached hydrogen (secondary N) is 2. The van der Waals surface area contributed by atoms with Crippen molar-refractivity contribution in [3.8, 4) is 0 Å². The summed E-state index contributed by atoms with van der Waals surface area (Å²) < 4.78 is 0. The van der Waals surface area contributed by atoms with Gasteiger partial charge in [-0.25, -0.2) is 15.0 Å². The summed E-state index contributed by atoms with van der Waals surface area (Å²) in [5.74, 6) is 1.16. The minimum Gasteiger partial charge on any atom is -0.413 e. The van der Waals surface area contributed by atoms with E-state index < -0.39 is 0 Å². The first-order chi connectivity index (χ1) is 10.5. The van der Waals surface area contributed by atoms with Crippen molar-refractivity contribution in [3.05, 3.63) is 42.0 Å². The molecule has 0 saturated heterocycles. The molecule has 0 fully saturated rings. The third-order valence-corrected chi connectivity index (χ3v) is 2.87. The number of hydroxylamine groups is 1. The Bertz CT molecular complexity index is 579. The number of hydrogen-bond donors (Lipinski definition) is 2. The summed E-state index contributed by atoms with van der Waals surface area (Å²) in [4.78, 5) is 19.0. The lowest BCUT2D eigenvalue weighted by Gasteiger charge is -2.20. The van der Waals surface area contributed by atoms with Crippen LogP contribution in [-0.4, -0.2) is 36.0 Å². The van der Waals surface area contributed by atoms with E-state index in [1.165, 1.54) is 6.33 Å². The summed E-state index contributed by atoms with van der Waals surface area (Å²) in [7, 11) is 1.82. The van der Waals surface area contributed by atoms with E-state index in [0.29, 0.717) is 29.4 Å². The molecule has 0 aliphatic rings. The fraction of sp³-hybridized carbons (Fsp3) is 0.333. The second-order valence-electron chi connectivity index (χ2n) is 4.53. The van der Waals surface area contributed by atoms with Crippen molar-refractivity contribution in [1.29, 1.82) is 5.41 Å². The Morgan fingerprint density at radius 2 is 2.09 bits per heavy atom. The van der Waals surface area contributed by atoms with E-state index in [9.17, 15) is 0 Å². The average Bonchev–Trinajstić information content (AvgIpc) is 2.54. The highest BCUT2D eigenvalue weighted by atomic mass is 16.6. The molecular formula is C15H22N6O. The lowest BCUT2D eigenvalue weighted by molar-refractivity contribution is 0.112. The van der Waals surface area contributed by atoms with E-state index in [-0.39, 0.29) is 0 Å². The summed E-state index contributed by atoms with van der Waals surface area (Å²) in [5, 5.41) is 8.16. The van der Waals surface area contributed by atoms with Gasteiger partial charge in [0, 0.05) is 25.2 Å². The molecule has 1 aromatic heterocycles. The highest BCUT2D eigenvalue weighted by Crippen LogP contribution is 2.19. The molecule has 1 heterocycles. The van der Waals surface area contributed by atoms with E-state index in [1.54, 1.807) is 30.3 Å². The molecule has 7 nitrogen and oxygen atoms in total. The van der Waals surface area contributed by atoms with Crippen molar-refractivity contribution in [3.63, 3.8) is 0 Å². The minimum atomic E-state index is 0.293. The van der Waals surface area contributed by atoms with Gasteiger partial charge in [-0.2, -0.15) is 5.48 Å². The number of nitrogens with zero attached hydrogens (tertiary/aromatic N) is 4. The number of anilines is 1. The maximum absolute atomic E-state index is 8.16. The van der Waals surface area contributed by atoms with Crippen LogP contribution in [0.25, 0.3) is 0 Å². The van der Waals surface area contributed by atoms with Crippen LogP contribution in [0.5, 0.6) is 0 Å². The van der Waals surface area contributed by atoms with Gasteiger partial charge in [-0.15, -0.1) is 0 Å². The van der Waals surface area contributed by atoms with Gasteiger partial charge in [0.15, 0.2) is 0 Å². The maximum atomic E-state index is 8.16. The van der Waals surface area contributed by atoms with Gasteiger partial charge in [-0.05, 0) is 27.5 Å². The number of hydrogen-bond acceptors (Lipinski definition) is 7. The quantitative estimate of drug-likeness (QED) is 0.437. The molecule has 1 aromatic rings. The Hall–Kier alpha value is -2.54. The van der Waals surface area contributed by atoms with E-state index in [4.69, 9.17) is 10.2 Å². The van der Waals surface area contributed by atoms with E-state index >= 15 is 0 Å². The van der Waals surface area contributed by atoms with E-state index in [0.717, 1.165) is 5.69 Å². The molecule has 0 aromatic carbocycles. The first-order valence-electron chi connectivity index (χ1n) is 6.84. The van der Waals surface area contributed by atoms with Crippen LogP contribution >= 0.6 is 0 Å². The zero-order valence-corrected chi connectivity index (χ0v) is 13.4. The lowest BCUT2D eigenvalue weighted by atomic mass is 10.1. The Morgan fingerprint density at radius 1 is 1.45 bits per heavy atom. The third-order valence-electron chi connectivity index (χ3n) is 2.87. The highest BCUT2D eigenvalue weighted by Gasteiger charge is 2.12. The number of aliphatic imine (C=N–C) groups is 1. The summed E-state index contributed by atoms with van der Waals surface area (Å²) in [6.07, 6.45) is 6.43. The molecule has 0 amide bonds. The van der Waals surface area contributed by atoms with E-state index in [2.05, 4.69) is 27.2 Å². The zero-order valence-electron chi connectivity index (χ0n) is 13.4. The maximum Gasteiger partial charge on any atom is 0.137 e. The van der Waals surface area contributed by atoms with Crippen molar-refractivity contribution in [2.75, 3.05) is 18.5 Å². The molecule has 22 heavy (non-hydrogen) atoms. The Morgan fingerprint density at radius 3 is 2.64 bits per heavy atom. The molecule has 0 aliphatic heterocycles. The molecule has 2 N–H and O–H groups in total. The molecule has 0 bridgehead atoms. The van der Waals surface area contributed by atoms with Crippen LogP contribution in [0, 0.1) is 5.41 Å². The smallest absolute Gasteiger partial charge is 0.137 e. The van der Waals surface area contributed by atoms with Gasteiger partial charge in [-0.3, -0.25) is 0 Å². The fourth-order valence-corrected chi connectivity index (χ4v) is 1.71. The van der Waals surface area contributed by atoms with E-state index in [1.807, 2.05) is 20.9 Å². The molecule has 0 aliphatic carbocycles. The van der Waals surface area contributed by atoms with Crippen molar-refractivity contribution < 1.29 is 4.84 Å². The molecule has 7 heteroatoms. The minimum absolute atomic E-state index is 0.293. The van der Waals surface area contributed by atoms with Crippen molar-refractivity contribution >= 4 is 18.1 Å². The molecule has 0 radical (unpaired) electrons. The van der Waals surface area contributed by atoms with Gasteiger partial charge in [0.1, 0.15) is 17.9 Å². The molecule has 0 saturated carbocycles. The van der Waals surface area contributed by atoms with Crippen LogP contribution < -0.4 is 10.4 Å². The van der Waals surface area contributed by atoms with Gasteiger partial charge in [0.2, 0.25) is 0 Å². The van der Waals surface area contributed by atoms with Crippen LogP contribution in [0.4, 0.5) is 5.69 Å². The predicted octanol–water partition coefficient (Wildman–Crippen LogP) is 2.31. The van der Waals surface area contributed by atoms with Gasteiger partial charge in [0.25, 0.3) is 0 Å². The zero-order chi connectivity index (χ0) is 16.5. The Kier molecular flexibility index (Phi) is 6.91. The SMILES string of the molecule is C=N/C(=C(/C)C(=N)/C=C(\C)ONCC)N(C)c1cncnc1. The fourth-order valence-electron chi connectivity index (χ4n) is 1.71. The van der Waals surface area contributed by atoms with Crippen LogP contribution in [0.2, 0.25) is 0 Å². The van der Waals surface area contributed by atoms with Crippen LogP contribution in [-0.2, 0) is 4.84 Å². The Labute approximate surface area is 130 Å². The standard InChI is InChI=1S/C15H22N6O/c1-6-20-22-11(2)7-14(16)12(3)15(17-4)21(5)13-8-18-10-19-9-13/h7-10,16,20H,4,6H2,1-3,5H3/b11-7+,15-12+,16-14?. The summed E-state index contributed by atoms with van der Waals surface area (Å²) in [6.45, 7) is 9.79. The highest BCUT2D eigenvalue weighted by molar-refractivity contribution is 6.06. The molecule has 0 atom stereocenters. The van der Waals surface area contributed by atoms with Crippen molar-refractivity contribution in [1.82, 2.24) is 15.4 Å². The van der Waals surface area contributed by atoms with Crippen LogP contribution in [0.1, 0.15) is 20.8 Å². The van der Waals surface area contributed by atoms with Gasteiger partial charge < -0.3 is 15.1 Å². The van der Waals surface area contributed by atoms with Crippen molar-refractivity contribution in [2.24, 2.45) is 4.99 Å². The normalized spacial score (nSPS) is 12.5. The van der Waals surface area contributed by atoms with Gasteiger partial charge in [-0.1, -0.05) is 0 Å². The average molecular weight is 302 g/mol.